The molecule has 1 aliphatic rings. The Morgan fingerprint density at radius 3 is 1.38 bits per heavy atom. The minimum Gasteiger partial charge on any atom is -0.372 e. The van der Waals surface area contributed by atoms with Crippen LogP contribution in [0.3, 0.4) is 0 Å². The quantitative estimate of drug-likeness (QED) is 0.356. The SMILES string of the molecule is CC1CN(c2ccc(N=Nc3ccc(N=Nc4ccc(C(F)(F)F)cc4)cc3)cc2)CC(C)O1. The van der Waals surface area contributed by atoms with Gasteiger partial charge in [0.1, 0.15) is 0 Å². The summed E-state index contributed by atoms with van der Waals surface area (Å²) in [6.07, 6.45) is -3.98. The highest BCUT2D eigenvalue weighted by Crippen LogP contribution is 2.31. The van der Waals surface area contributed by atoms with Crippen molar-refractivity contribution in [3.63, 3.8) is 0 Å². The van der Waals surface area contributed by atoms with Gasteiger partial charge in [0.25, 0.3) is 0 Å². The number of ether oxygens (including phenoxy) is 1. The number of benzene rings is 3. The zero-order valence-electron chi connectivity index (χ0n) is 18.8. The van der Waals surface area contributed by atoms with Crippen LogP contribution in [0.2, 0.25) is 0 Å². The molecular weight excluding hydrogens is 443 g/mol. The van der Waals surface area contributed by atoms with Crippen molar-refractivity contribution < 1.29 is 17.9 Å². The van der Waals surface area contributed by atoms with Crippen molar-refractivity contribution in [2.45, 2.75) is 32.2 Å². The molecule has 4 rings (SSSR count). The molecule has 1 heterocycles. The van der Waals surface area contributed by atoms with E-state index < -0.39 is 11.7 Å². The molecule has 0 bridgehead atoms. The van der Waals surface area contributed by atoms with Gasteiger partial charge in [-0.3, -0.25) is 0 Å². The summed E-state index contributed by atoms with van der Waals surface area (Å²) in [6.45, 7) is 5.86. The third-order valence-corrected chi connectivity index (χ3v) is 5.24. The number of anilines is 1. The Hall–Kier alpha value is -3.59. The molecule has 1 saturated heterocycles. The normalized spacial score (nSPS) is 19.3. The van der Waals surface area contributed by atoms with Gasteiger partial charge in [0.2, 0.25) is 0 Å². The molecule has 9 heteroatoms. The van der Waals surface area contributed by atoms with Crippen LogP contribution >= 0.6 is 0 Å². The summed E-state index contributed by atoms with van der Waals surface area (Å²) < 4.78 is 43.7. The third kappa shape index (κ3) is 6.26. The van der Waals surface area contributed by atoms with E-state index in [0.29, 0.717) is 17.1 Å². The second-order valence-electron chi connectivity index (χ2n) is 8.14. The van der Waals surface area contributed by atoms with Gasteiger partial charge in [0.05, 0.1) is 40.5 Å². The summed E-state index contributed by atoms with van der Waals surface area (Å²) in [5, 5.41) is 16.5. The predicted molar refractivity (Wildman–Crippen MR) is 125 cm³/mol. The lowest BCUT2D eigenvalue weighted by atomic mass is 10.2. The first-order valence-electron chi connectivity index (χ1n) is 10.9. The average Bonchev–Trinajstić information content (AvgIpc) is 2.81. The maximum Gasteiger partial charge on any atom is 0.416 e. The number of rotatable bonds is 5. The van der Waals surface area contributed by atoms with E-state index in [1.807, 2.05) is 24.3 Å². The molecule has 0 radical (unpaired) electrons. The molecule has 3 aromatic carbocycles. The predicted octanol–water partition coefficient (Wildman–Crippen LogP) is 8.15. The number of alkyl halides is 3. The largest absolute Gasteiger partial charge is 0.416 e. The molecule has 0 spiro atoms. The van der Waals surface area contributed by atoms with Gasteiger partial charge in [-0.05, 0) is 86.6 Å². The van der Waals surface area contributed by atoms with Crippen LogP contribution in [0.5, 0.6) is 0 Å². The van der Waals surface area contributed by atoms with Crippen molar-refractivity contribution in [3.05, 3.63) is 78.4 Å². The summed E-state index contributed by atoms with van der Waals surface area (Å²) in [7, 11) is 0. The first-order chi connectivity index (χ1) is 16.3. The zero-order valence-corrected chi connectivity index (χ0v) is 18.8. The van der Waals surface area contributed by atoms with Crippen LogP contribution < -0.4 is 4.90 Å². The highest BCUT2D eigenvalue weighted by Gasteiger charge is 2.29. The summed E-state index contributed by atoms with van der Waals surface area (Å²) in [5.74, 6) is 0. The Morgan fingerprint density at radius 2 is 1.00 bits per heavy atom. The van der Waals surface area contributed by atoms with E-state index in [4.69, 9.17) is 4.74 Å². The van der Waals surface area contributed by atoms with Crippen LogP contribution in [0.25, 0.3) is 0 Å². The Bertz CT molecular complexity index is 1130. The number of halogens is 3. The van der Waals surface area contributed by atoms with Gasteiger partial charge in [-0.1, -0.05) is 0 Å². The van der Waals surface area contributed by atoms with E-state index >= 15 is 0 Å². The zero-order chi connectivity index (χ0) is 24.1. The second-order valence-corrected chi connectivity index (χ2v) is 8.14. The summed E-state index contributed by atoms with van der Waals surface area (Å²) >= 11 is 0. The third-order valence-electron chi connectivity index (χ3n) is 5.24. The highest BCUT2D eigenvalue weighted by atomic mass is 19.4. The molecule has 1 fully saturated rings. The van der Waals surface area contributed by atoms with Crippen molar-refractivity contribution in [3.8, 4) is 0 Å². The van der Waals surface area contributed by atoms with Crippen molar-refractivity contribution in [2.75, 3.05) is 18.0 Å². The van der Waals surface area contributed by atoms with E-state index in [9.17, 15) is 13.2 Å². The molecule has 176 valence electrons. The lowest BCUT2D eigenvalue weighted by molar-refractivity contribution is -0.137. The van der Waals surface area contributed by atoms with Crippen LogP contribution in [0, 0.1) is 0 Å². The number of hydrogen-bond donors (Lipinski definition) is 0. The Balaban J connectivity index is 1.35. The first-order valence-corrected chi connectivity index (χ1v) is 10.9. The van der Waals surface area contributed by atoms with Crippen molar-refractivity contribution >= 4 is 28.4 Å². The van der Waals surface area contributed by atoms with Crippen LogP contribution in [-0.4, -0.2) is 25.3 Å². The van der Waals surface area contributed by atoms with Crippen LogP contribution in [0.15, 0.2) is 93.3 Å². The first kappa shape index (κ1) is 23.6. The van der Waals surface area contributed by atoms with Gasteiger partial charge in [-0.2, -0.15) is 33.6 Å². The number of hydrogen-bond acceptors (Lipinski definition) is 6. The van der Waals surface area contributed by atoms with E-state index in [-0.39, 0.29) is 12.2 Å². The van der Waals surface area contributed by atoms with E-state index in [1.54, 1.807) is 24.3 Å². The molecule has 34 heavy (non-hydrogen) atoms. The average molecular weight is 467 g/mol. The van der Waals surface area contributed by atoms with Gasteiger partial charge in [0.15, 0.2) is 0 Å². The van der Waals surface area contributed by atoms with E-state index in [2.05, 4.69) is 39.2 Å². The van der Waals surface area contributed by atoms with Gasteiger partial charge in [0, 0.05) is 18.8 Å². The topological polar surface area (TPSA) is 61.9 Å². The molecule has 0 amide bonds. The van der Waals surface area contributed by atoms with Gasteiger partial charge < -0.3 is 9.64 Å². The van der Waals surface area contributed by atoms with Crippen molar-refractivity contribution in [1.29, 1.82) is 0 Å². The molecular formula is C25H24F3N5O. The fraction of sp³-hybridized carbons (Fsp3) is 0.280. The fourth-order valence-corrected chi connectivity index (χ4v) is 3.65. The van der Waals surface area contributed by atoms with Gasteiger partial charge >= 0.3 is 6.18 Å². The lowest BCUT2D eigenvalue weighted by Crippen LogP contribution is -2.45. The molecule has 0 aliphatic carbocycles. The monoisotopic (exact) mass is 467 g/mol. The van der Waals surface area contributed by atoms with Crippen molar-refractivity contribution in [1.82, 2.24) is 0 Å². The summed E-state index contributed by atoms with van der Waals surface area (Å²) in [6, 6.07) is 19.3. The van der Waals surface area contributed by atoms with Gasteiger partial charge in [-0.15, -0.1) is 0 Å². The van der Waals surface area contributed by atoms with Crippen molar-refractivity contribution in [2.24, 2.45) is 20.5 Å². The van der Waals surface area contributed by atoms with Gasteiger partial charge in [-0.25, -0.2) is 0 Å². The van der Waals surface area contributed by atoms with E-state index in [1.165, 1.54) is 12.1 Å². The molecule has 0 aromatic heterocycles. The maximum absolute atomic E-state index is 12.6. The minimum atomic E-state index is -4.37. The standard InChI is InChI=1S/C25H24F3N5O/c1-17-15-33(16-18(2)34-17)24-13-11-23(12-14-24)32-31-22-9-7-21(8-10-22)30-29-20-5-3-19(4-6-20)25(26,27)28/h3-14,17-18H,15-16H2,1-2H3. The number of nitrogens with zero attached hydrogens (tertiary/aromatic N) is 5. The number of azo groups is 2. The Labute approximate surface area is 195 Å². The summed E-state index contributed by atoms with van der Waals surface area (Å²) in [5.41, 5.74) is 2.68. The van der Waals surface area contributed by atoms with Crippen LogP contribution in [0.1, 0.15) is 19.4 Å². The lowest BCUT2D eigenvalue weighted by Gasteiger charge is -2.36. The molecule has 1 aliphatic heterocycles. The summed E-state index contributed by atoms with van der Waals surface area (Å²) in [4.78, 5) is 2.30. The highest BCUT2D eigenvalue weighted by molar-refractivity contribution is 5.54. The molecule has 3 aromatic rings. The second kappa shape index (κ2) is 10.1. The molecule has 2 atom stereocenters. The molecule has 6 nitrogen and oxygen atoms in total. The van der Waals surface area contributed by atoms with Crippen LogP contribution in [0.4, 0.5) is 41.6 Å². The van der Waals surface area contributed by atoms with E-state index in [0.717, 1.165) is 36.6 Å². The number of morpholine rings is 1. The maximum atomic E-state index is 12.6. The molecule has 2 unspecified atom stereocenters. The Morgan fingerprint density at radius 1 is 0.647 bits per heavy atom. The Kier molecular flexibility index (Phi) is 7.02. The molecule has 0 N–H and O–H groups in total. The smallest absolute Gasteiger partial charge is 0.372 e. The fourth-order valence-electron chi connectivity index (χ4n) is 3.65. The van der Waals surface area contributed by atoms with Crippen LogP contribution in [-0.2, 0) is 10.9 Å². The minimum absolute atomic E-state index is 0.195. The molecule has 0 saturated carbocycles.